The van der Waals surface area contributed by atoms with Gasteiger partial charge in [-0.25, -0.2) is 5.43 Å². The van der Waals surface area contributed by atoms with Crippen LogP contribution in [0, 0.1) is 10.1 Å². The lowest BCUT2D eigenvalue weighted by Gasteiger charge is -2.33. The van der Waals surface area contributed by atoms with Crippen molar-refractivity contribution >= 4 is 23.5 Å². The molecule has 3 aromatic rings. The van der Waals surface area contributed by atoms with Crippen LogP contribution in [0.4, 0.5) is 11.4 Å². The minimum absolute atomic E-state index is 0.0104. The molecule has 0 saturated carbocycles. The van der Waals surface area contributed by atoms with Crippen LogP contribution in [-0.4, -0.2) is 43.2 Å². The Kier molecular flexibility index (Phi) is 7.06. The number of hydrogen-bond donors (Lipinski definition) is 2. The summed E-state index contributed by atoms with van der Waals surface area (Å²) in [4.78, 5) is 26.5. The molecule has 1 fully saturated rings. The summed E-state index contributed by atoms with van der Waals surface area (Å²) in [5.74, 6) is -0.302. The summed E-state index contributed by atoms with van der Waals surface area (Å²) in [6.07, 6.45) is 1.45. The monoisotopic (exact) mass is 444 g/mol. The summed E-state index contributed by atoms with van der Waals surface area (Å²) in [5, 5.41) is 14.6. The maximum Gasteiger partial charge on any atom is 0.271 e. The molecule has 1 heterocycles. The van der Waals surface area contributed by atoms with Crippen LogP contribution in [0.5, 0.6) is 0 Å². The number of rotatable bonds is 7. The molecule has 0 spiro atoms. The van der Waals surface area contributed by atoms with E-state index in [1.165, 1.54) is 34.5 Å². The molecule has 168 valence electrons. The van der Waals surface area contributed by atoms with Crippen LogP contribution in [0.2, 0.25) is 0 Å². The number of nitrogens with one attached hydrogen (secondary N) is 2. The van der Waals surface area contributed by atoms with E-state index >= 15 is 0 Å². The molecule has 0 atom stereocenters. The van der Waals surface area contributed by atoms with Gasteiger partial charge in [0.25, 0.3) is 11.6 Å². The number of piperazine rings is 1. The quantitative estimate of drug-likeness (QED) is 0.332. The normalized spacial score (nSPS) is 14.4. The molecule has 0 aliphatic carbocycles. The van der Waals surface area contributed by atoms with Gasteiger partial charge in [-0.15, -0.1) is 0 Å². The molecule has 0 bridgehead atoms. The number of nitro benzene ring substituents is 1. The SMILES string of the molecule is O=C(N/N=C\c1ccc([N+](=O)[O-])cc1)c1ccc(C[NH+]2CCN(c3ccccc3)CC2)cc1. The van der Waals surface area contributed by atoms with Crippen molar-refractivity contribution in [1.82, 2.24) is 5.43 Å². The second-order valence-corrected chi connectivity index (χ2v) is 7.99. The van der Waals surface area contributed by atoms with Gasteiger partial charge in [0.05, 0.1) is 37.3 Å². The number of hydrogen-bond acceptors (Lipinski definition) is 5. The maximum absolute atomic E-state index is 12.3. The molecule has 1 amide bonds. The summed E-state index contributed by atoms with van der Waals surface area (Å²) in [6, 6.07) is 24.1. The van der Waals surface area contributed by atoms with Crippen molar-refractivity contribution in [3.8, 4) is 0 Å². The summed E-state index contributed by atoms with van der Waals surface area (Å²) in [5.41, 5.74) is 6.17. The van der Waals surface area contributed by atoms with Crippen LogP contribution in [0.3, 0.4) is 0 Å². The highest BCUT2D eigenvalue weighted by Crippen LogP contribution is 2.13. The van der Waals surface area contributed by atoms with Gasteiger partial charge in [-0.1, -0.05) is 30.3 Å². The molecule has 4 rings (SSSR count). The van der Waals surface area contributed by atoms with Crippen LogP contribution in [0.25, 0.3) is 0 Å². The molecule has 8 heteroatoms. The van der Waals surface area contributed by atoms with Gasteiger partial charge in [0.1, 0.15) is 6.54 Å². The molecule has 0 radical (unpaired) electrons. The van der Waals surface area contributed by atoms with Crippen molar-refractivity contribution < 1.29 is 14.6 Å². The number of non-ortho nitro benzene ring substituents is 1. The van der Waals surface area contributed by atoms with Gasteiger partial charge in [-0.2, -0.15) is 5.10 Å². The fourth-order valence-corrected chi connectivity index (χ4v) is 3.87. The van der Waals surface area contributed by atoms with Crippen LogP contribution >= 0.6 is 0 Å². The van der Waals surface area contributed by atoms with Crippen molar-refractivity contribution in [2.75, 3.05) is 31.1 Å². The molecule has 1 aliphatic rings. The molecule has 2 N–H and O–H groups in total. The average Bonchev–Trinajstić information content (AvgIpc) is 2.86. The minimum Gasteiger partial charge on any atom is -0.360 e. The van der Waals surface area contributed by atoms with Crippen LogP contribution in [-0.2, 0) is 6.54 Å². The number of benzene rings is 3. The summed E-state index contributed by atoms with van der Waals surface area (Å²) in [6.45, 7) is 5.16. The standard InChI is InChI=1S/C25H25N5O3/c31-25(27-26-18-20-8-12-24(13-9-20)30(32)33)22-10-6-21(7-11-22)19-28-14-16-29(17-15-28)23-4-2-1-3-5-23/h1-13,18H,14-17,19H2,(H,27,31)/p+1/b26-18-. The van der Waals surface area contributed by atoms with Crippen molar-refractivity contribution in [3.63, 3.8) is 0 Å². The van der Waals surface area contributed by atoms with Crippen molar-refractivity contribution in [3.05, 3.63) is 106 Å². The molecule has 1 aliphatic heterocycles. The third-order valence-corrected chi connectivity index (χ3v) is 5.75. The molecule has 0 aromatic heterocycles. The first-order valence-corrected chi connectivity index (χ1v) is 10.9. The van der Waals surface area contributed by atoms with E-state index in [0.717, 1.165) is 32.7 Å². The summed E-state index contributed by atoms with van der Waals surface area (Å²) < 4.78 is 0. The van der Waals surface area contributed by atoms with E-state index in [-0.39, 0.29) is 11.6 Å². The van der Waals surface area contributed by atoms with Gasteiger partial charge in [0.15, 0.2) is 0 Å². The second-order valence-electron chi connectivity index (χ2n) is 7.99. The van der Waals surface area contributed by atoms with Crippen molar-refractivity contribution in [2.45, 2.75) is 6.54 Å². The first-order chi connectivity index (χ1) is 16.1. The predicted octanol–water partition coefficient (Wildman–Crippen LogP) is 2.26. The van der Waals surface area contributed by atoms with E-state index in [9.17, 15) is 14.9 Å². The number of nitrogens with zero attached hydrogens (tertiary/aromatic N) is 3. The Balaban J connectivity index is 1.25. The number of anilines is 1. The van der Waals surface area contributed by atoms with E-state index in [2.05, 4.69) is 39.7 Å². The second kappa shape index (κ2) is 10.5. The Labute approximate surface area is 192 Å². The van der Waals surface area contributed by atoms with Gasteiger partial charge in [0, 0.05) is 28.9 Å². The number of carbonyl (C=O) groups is 1. The number of carbonyl (C=O) groups excluding carboxylic acids is 1. The highest BCUT2D eigenvalue weighted by Gasteiger charge is 2.20. The van der Waals surface area contributed by atoms with Gasteiger partial charge in [0.2, 0.25) is 0 Å². The third-order valence-electron chi connectivity index (χ3n) is 5.75. The van der Waals surface area contributed by atoms with E-state index in [0.29, 0.717) is 11.1 Å². The first kappa shape index (κ1) is 22.2. The van der Waals surface area contributed by atoms with Gasteiger partial charge < -0.3 is 9.80 Å². The lowest BCUT2D eigenvalue weighted by molar-refractivity contribution is -0.914. The minimum atomic E-state index is -0.460. The Bertz CT molecular complexity index is 1110. The lowest BCUT2D eigenvalue weighted by Crippen LogP contribution is -3.13. The number of para-hydroxylation sites is 1. The zero-order valence-electron chi connectivity index (χ0n) is 18.2. The van der Waals surface area contributed by atoms with Gasteiger partial charge >= 0.3 is 0 Å². The van der Waals surface area contributed by atoms with Crippen LogP contribution in [0.1, 0.15) is 21.5 Å². The molecule has 8 nitrogen and oxygen atoms in total. The molecule has 33 heavy (non-hydrogen) atoms. The maximum atomic E-state index is 12.3. The topological polar surface area (TPSA) is 92.3 Å². The number of amides is 1. The fourth-order valence-electron chi connectivity index (χ4n) is 3.87. The Hall–Kier alpha value is -4.04. The highest BCUT2D eigenvalue weighted by atomic mass is 16.6. The van der Waals surface area contributed by atoms with Crippen LogP contribution in [0.15, 0.2) is 84.0 Å². The largest absolute Gasteiger partial charge is 0.360 e. The zero-order valence-corrected chi connectivity index (χ0v) is 18.2. The summed E-state index contributed by atoms with van der Waals surface area (Å²) >= 11 is 0. The third kappa shape index (κ3) is 6.02. The van der Waals surface area contributed by atoms with E-state index in [1.54, 1.807) is 12.1 Å². The molecular weight excluding hydrogens is 418 g/mol. The lowest BCUT2D eigenvalue weighted by atomic mass is 10.1. The Morgan fingerprint density at radius 2 is 1.67 bits per heavy atom. The predicted molar refractivity (Wildman–Crippen MR) is 128 cm³/mol. The van der Waals surface area contributed by atoms with E-state index in [4.69, 9.17) is 0 Å². The Morgan fingerprint density at radius 3 is 2.30 bits per heavy atom. The van der Waals surface area contributed by atoms with Gasteiger partial charge in [-0.3, -0.25) is 14.9 Å². The number of hydrazone groups is 1. The molecular formula is C25H26N5O3+. The highest BCUT2D eigenvalue weighted by molar-refractivity contribution is 5.94. The van der Waals surface area contributed by atoms with Crippen LogP contribution < -0.4 is 15.2 Å². The molecule has 1 saturated heterocycles. The first-order valence-electron chi connectivity index (χ1n) is 10.9. The Morgan fingerprint density at radius 1 is 1.00 bits per heavy atom. The van der Waals surface area contributed by atoms with Gasteiger partial charge in [-0.05, 0) is 42.0 Å². The smallest absolute Gasteiger partial charge is 0.271 e. The zero-order chi connectivity index (χ0) is 23.0. The summed E-state index contributed by atoms with van der Waals surface area (Å²) in [7, 11) is 0. The average molecular weight is 445 g/mol. The molecule has 3 aromatic carbocycles. The molecule has 0 unspecified atom stereocenters. The van der Waals surface area contributed by atoms with E-state index in [1.807, 2.05) is 30.3 Å². The van der Waals surface area contributed by atoms with Crippen molar-refractivity contribution in [1.29, 1.82) is 0 Å². The number of quaternary nitrogens is 1. The fraction of sp³-hybridized carbons (Fsp3) is 0.200. The number of nitro groups is 1. The van der Waals surface area contributed by atoms with E-state index < -0.39 is 4.92 Å². The van der Waals surface area contributed by atoms with Crippen molar-refractivity contribution in [2.24, 2.45) is 5.10 Å².